The lowest BCUT2D eigenvalue weighted by Crippen LogP contribution is -2.35. The van der Waals surface area contributed by atoms with E-state index in [0.29, 0.717) is 22.4 Å². The Balaban J connectivity index is 1.47. The first-order valence-corrected chi connectivity index (χ1v) is 11.7. The van der Waals surface area contributed by atoms with Crippen molar-refractivity contribution in [2.24, 2.45) is 5.10 Å². The van der Waals surface area contributed by atoms with Crippen LogP contribution in [-0.4, -0.2) is 30.5 Å². The minimum absolute atomic E-state index is 0.244. The smallest absolute Gasteiger partial charge is 0.343 e. The SMILES string of the molecule is O=C(CNC(=O)c1ccccc1I)N/N=C\c1c(OC(=O)c2ccccc2)ccc2ccccc12. The first-order valence-electron chi connectivity index (χ1n) is 10.7. The number of hydrazone groups is 1. The average molecular weight is 577 g/mol. The first kappa shape index (κ1) is 24.1. The molecule has 0 fully saturated rings. The zero-order valence-corrected chi connectivity index (χ0v) is 20.6. The number of nitrogens with one attached hydrogen (secondary N) is 2. The predicted octanol–water partition coefficient (Wildman–Crippen LogP) is 4.54. The molecule has 0 aromatic heterocycles. The van der Waals surface area contributed by atoms with Crippen LogP contribution in [0, 0.1) is 3.57 Å². The van der Waals surface area contributed by atoms with Crippen LogP contribution in [0.4, 0.5) is 0 Å². The molecule has 0 unspecified atom stereocenters. The quantitative estimate of drug-likeness (QED) is 0.111. The molecule has 0 heterocycles. The molecule has 4 aromatic rings. The van der Waals surface area contributed by atoms with E-state index in [1.807, 2.05) is 48.5 Å². The Hall–Kier alpha value is -4.05. The van der Waals surface area contributed by atoms with Crippen LogP contribution in [0.1, 0.15) is 26.3 Å². The van der Waals surface area contributed by atoms with Gasteiger partial charge in [0.1, 0.15) is 5.75 Å². The third kappa shape index (κ3) is 6.10. The maximum absolute atomic E-state index is 12.6. The van der Waals surface area contributed by atoms with Crippen LogP contribution >= 0.6 is 22.6 Å². The highest BCUT2D eigenvalue weighted by Gasteiger charge is 2.14. The van der Waals surface area contributed by atoms with E-state index in [4.69, 9.17) is 4.74 Å². The van der Waals surface area contributed by atoms with E-state index in [1.54, 1.807) is 42.5 Å². The van der Waals surface area contributed by atoms with E-state index in [1.165, 1.54) is 6.21 Å². The van der Waals surface area contributed by atoms with E-state index < -0.39 is 11.9 Å². The van der Waals surface area contributed by atoms with Crippen molar-refractivity contribution >= 4 is 57.4 Å². The van der Waals surface area contributed by atoms with E-state index >= 15 is 0 Å². The summed E-state index contributed by atoms with van der Waals surface area (Å²) >= 11 is 2.06. The number of nitrogens with zero attached hydrogens (tertiary/aromatic N) is 1. The van der Waals surface area contributed by atoms with Gasteiger partial charge in [0, 0.05) is 9.13 Å². The summed E-state index contributed by atoms with van der Waals surface area (Å²) in [5.74, 6) is -1.04. The normalized spacial score (nSPS) is 10.8. The maximum Gasteiger partial charge on any atom is 0.343 e. The van der Waals surface area contributed by atoms with Crippen molar-refractivity contribution in [2.75, 3.05) is 6.54 Å². The maximum atomic E-state index is 12.6. The number of carbonyl (C=O) groups is 3. The minimum atomic E-state index is -0.502. The van der Waals surface area contributed by atoms with Gasteiger partial charge in [0.25, 0.3) is 11.8 Å². The Bertz CT molecular complexity index is 1420. The largest absolute Gasteiger partial charge is 0.422 e. The highest BCUT2D eigenvalue weighted by molar-refractivity contribution is 14.1. The van der Waals surface area contributed by atoms with Gasteiger partial charge in [-0.3, -0.25) is 9.59 Å². The molecule has 8 heteroatoms. The van der Waals surface area contributed by atoms with Gasteiger partial charge in [0.15, 0.2) is 0 Å². The van der Waals surface area contributed by atoms with Gasteiger partial charge in [-0.2, -0.15) is 5.10 Å². The van der Waals surface area contributed by atoms with Crippen LogP contribution in [0.15, 0.2) is 96.1 Å². The fourth-order valence-corrected chi connectivity index (χ4v) is 3.97. The average Bonchev–Trinajstić information content (AvgIpc) is 2.89. The molecule has 4 aromatic carbocycles. The molecular weight excluding hydrogens is 557 g/mol. The highest BCUT2D eigenvalue weighted by atomic mass is 127. The molecule has 0 aliphatic rings. The third-order valence-corrected chi connectivity index (χ3v) is 5.99. The van der Waals surface area contributed by atoms with Gasteiger partial charge in [-0.25, -0.2) is 10.2 Å². The van der Waals surface area contributed by atoms with Gasteiger partial charge in [-0.05, 0) is 63.7 Å². The fourth-order valence-electron chi connectivity index (χ4n) is 3.34. The summed E-state index contributed by atoms with van der Waals surface area (Å²) in [6, 6.07) is 26.9. The van der Waals surface area contributed by atoms with Crippen molar-refractivity contribution in [3.8, 4) is 5.75 Å². The summed E-state index contributed by atoms with van der Waals surface area (Å²) in [4.78, 5) is 37.1. The summed E-state index contributed by atoms with van der Waals surface area (Å²) in [6.07, 6.45) is 1.43. The number of carbonyl (C=O) groups excluding carboxylic acids is 3. The summed E-state index contributed by atoms with van der Waals surface area (Å²) in [6.45, 7) is -0.244. The Morgan fingerprint density at radius 3 is 2.37 bits per heavy atom. The lowest BCUT2D eigenvalue weighted by Gasteiger charge is -2.10. The predicted molar refractivity (Wildman–Crippen MR) is 143 cm³/mol. The molecule has 7 nitrogen and oxygen atoms in total. The van der Waals surface area contributed by atoms with Gasteiger partial charge < -0.3 is 10.1 Å². The standard InChI is InChI=1S/C27H20IN3O4/c28-23-13-7-6-12-21(23)26(33)29-17-25(32)31-30-16-22-20-11-5-4-8-18(20)14-15-24(22)35-27(34)19-9-2-1-3-10-19/h1-16H,17H2,(H,29,33)(H,31,32)/b30-16-. The van der Waals surface area contributed by atoms with E-state index in [9.17, 15) is 14.4 Å². The van der Waals surface area contributed by atoms with Crippen molar-refractivity contribution in [3.63, 3.8) is 0 Å². The zero-order valence-electron chi connectivity index (χ0n) is 18.4. The minimum Gasteiger partial charge on any atom is -0.422 e. The van der Waals surface area contributed by atoms with Crippen LogP contribution in [0.5, 0.6) is 5.75 Å². The molecule has 0 atom stereocenters. The number of esters is 1. The molecule has 0 saturated carbocycles. The fraction of sp³-hybridized carbons (Fsp3) is 0.0370. The van der Waals surface area contributed by atoms with Crippen LogP contribution < -0.4 is 15.5 Å². The molecule has 2 N–H and O–H groups in total. The number of fused-ring (bicyclic) bond motifs is 1. The van der Waals surface area contributed by atoms with Crippen LogP contribution in [0.2, 0.25) is 0 Å². The molecule has 0 spiro atoms. The van der Waals surface area contributed by atoms with Crippen molar-refractivity contribution in [2.45, 2.75) is 0 Å². The molecule has 0 bridgehead atoms. The van der Waals surface area contributed by atoms with Crippen molar-refractivity contribution in [3.05, 3.63) is 111 Å². The van der Waals surface area contributed by atoms with Crippen LogP contribution in [0.25, 0.3) is 10.8 Å². The first-order chi connectivity index (χ1) is 17.0. The van der Waals surface area contributed by atoms with Gasteiger partial charge in [-0.15, -0.1) is 0 Å². The van der Waals surface area contributed by atoms with Crippen molar-refractivity contribution < 1.29 is 19.1 Å². The van der Waals surface area contributed by atoms with Gasteiger partial charge >= 0.3 is 5.97 Å². The monoisotopic (exact) mass is 577 g/mol. The summed E-state index contributed by atoms with van der Waals surface area (Å²) in [7, 11) is 0. The number of rotatable bonds is 7. The molecule has 0 saturated heterocycles. The zero-order chi connectivity index (χ0) is 24.6. The highest BCUT2D eigenvalue weighted by Crippen LogP contribution is 2.27. The molecule has 2 amide bonds. The number of halogens is 1. The third-order valence-electron chi connectivity index (χ3n) is 5.05. The number of hydrogen-bond donors (Lipinski definition) is 2. The van der Waals surface area contributed by atoms with E-state index in [-0.39, 0.29) is 12.5 Å². The lowest BCUT2D eigenvalue weighted by atomic mass is 10.0. The second-order valence-electron chi connectivity index (χ2n) is 7.41. The van der Waals surface area contributed by atoms with Gasteiger partial charge in [-0.1, -0.05) is 60.7 Å². The molecule has 0 radical (unpaired) electrons. The topological polar surface area (TPSA) is 96.9 Å². The summed E-state index contributed by atoms with van der Waals surface area (Å²) in [5, 5.41) is 8.33. The van der Waals surface area contributed by atoms with Crippen LogP contribution in [-0.2, 0) is 4.79 Å². The molecular formula is C27H20IN3O4. The molecule has 4 rings (SSSR count). The van der Waals surface area contributed by atoms with E-state index in [0.717, 1.165) is 14.3 Å². The Morgan fingerprint density at radius 2 is 1.57 bits per heavy atom. The Kier molecular flexibility index (Phi) is 7.84. The lowest BCUT2D eigenvalue weighted by molar-refractivity contribution is -0.120. The molecule has 0 aliphatic carbocycles. The summed E-state index contributed by atoms with van der Waals surface area (Å²) in [5.41, 5.74) is 3.85. The molecule has 0 aliphatic heterocycles. The Labute approximate surface area is 215 Å². The van der Waals surface area contributed by atoms with Crippen molar-refractivity contribution in [1.82, 2.24) is 10.7 Å². The molecule has 35 heavy (non-hydrogen) atoms. The second-order valence-corrected chi connectivity index (χ2v) is 8.57. The van der Waals surface area contributed by atoms with E-state index in [2.05, 4.69) is 38.4 Å². The number of amides is 2. The summed E-state index contributed by atoms with van der Waals surface area (Å²) < 4.78 is 6.42. The number of ether oxygens (including phenoxy) is 1. The van der Waals surface area contributed by atoms with Crippen molar-refractivity contribution in [1.29, 1.82) is 0 Å². The van der Waals surface area contributed by atoms with Gasteiger partial charge in [0.05, 0.1) is 23.9 Å². The molecule has 174 valence electrons. The number of hydrogen-bond acceptors (Lipinski definition) is 5. The van der Waals surface area contributed by atoms with Gasteiger partial charge in [0.2, 0.25) is 0 Å². The second kappa shape index (κ2) is 11.4. The number of benzene rings is 4. The van der Waals surface area contributed by atoms with Crippen LogP contribution in [0.3, 0.4) is 0 Å². The Morgan fingerprint density at radius 1 is 0.857 bits per heavy atom.